The van der Waals surface area contributed by atoms with Crippen LogP contribution in [0.1, 0.15) is 50.3 Å². The predicted octanol–water partition coefficient (Wildman–Crippen LogP) is 2.46. The Balaban J connectivity index is 1.23. The van der Waals surface area contributed by atoms with Crippen molar-refractivity contribution in [2.45, 2.75) is 50.6 Å². The standard InChI is InChI=1S/C21H35N5O/c1-22-21(23-10-13-26(18-8-9-18)16-17-6-7-17)24-15-19(20-5-4-14-27-20)25-11-2-3-12-25/h4-5,14,17-19H,2-3,6-13,15-16H2,1H3,(H2,22,23,24). The highest BCUT2D eigenvalue weighted by molar-refractivity contribution is 5.79. The molecule has 1 atom stereocenters. The van der Waals surface area contributed by atoms with E-state index in [-0.39, 0.29) is 6.04 Å². The van der Waals surface area contributed by atoms with Crippen LogP contribution in [0.15, 0.2) is 27.8 Å². The lowest BCUT2D eigenvalue weighted by atomic mass is 10.2. The average molecular weight is 374 g/mol. The first-order valence-electron chi connectivity index (χ1n) is 10.8. The fraction of sp³-hybridized carbons (Fsp3) is 0.762. The number of hydrogen-bond donors (Lipinski definition) is 2. The van der Waals surface area contributed by atoms with Gasteiger partial charge in [-0.05, 0) is 69.7 Å². The smallest absolute Gasteiger partial charge is 0.191 e. The zero-order valence-electron chi connectivity index (χ0n) is 16.7. The molecule has 1 aromatic heterocycles. The van der Waals surface area contributed by atoms with Crippen LogP contribution in [-0.4, -0.2) is 68.1 Å². The second-order valence-electron chi connectivity index (χ2n) is 8.32. The van der Waals surface area contributed by atoms with Gasteiger partial charge in [0.05, 0.1) is 12.3 Å². The molecule has 6 heteroatoms. The van der Waals surface area contributed by atoms with Crippen molar-refractivity contribution in [1.82, 2.24) is 20.4 Å². The Labute approximate surface area is 163 Å². The molecule has 1 aliphatic heterocycles. The van der Waals surface area contributed by atoms with Crippen LogP contribution in [0.25, 0.3) is 0 Å². The van der Waals surface area contributed by atoms with Gasteiger partial charge >= 0.3 is 0 Å². The first-order valence-corrected chi connectivity index (χ1v) is 10.8. The van der Waals surface area contributed by atoms with E-state index in [4.69, 9.17) is 4.42 Å². The van der Waals surface area contributed by atoms with E-state index in [0.717, 1.165) is 56.4 Å². The molecule has 1 aromatic rings. The molecule has 2 N–H and O–H groups in total. The van der Waals surface area contributed by atoms with E-state index in [9.17, 15) is 0 Å². The van der Waals surface area contributed by atoms with E-state index < -0.39 is 0 Å². The number of likely N-dealkylation sites (tertiary alicyclic amines) is 1. The van der Waals surface area contributed by atoms with E-state index in [2.05, 4.69) is 31.5 Å². The van der Waals surface area contributed by atoms with Gasteiger partial charge in [0.15, 0.2) is 5.96 Å². The van der Waals surface area contributed by atoms with Gasteiger partial charge < -0.3 is 15.1 Å². The van der Waals surface area contributed by atoms with Gasteiger partial charge in [0.25, 0.3) is 0 Å². The minimum absolute atomic E-state index is 0.277. The van der Waals surface area contributed by atoms with Crippen LogP contribution in [0.5, 0.6) is 0 Å². The molecule has 2 aliphatic carbocycles. The summed E-state index contributed by atoms with van der Waals surface area (Å²) in [6.45, 7) is 6.50. The third-order valence-electron chi connectivity index (χ3n) is 6.08. The maximum Gasteiger partial charge on any atom is 0.191 e. The maximum absolute atomic E-state index is 5.71. The molecule has 3 fully saturated rings. The molecular formula is C21H35N5O. The summed E-state index contributed by atoms with van der Waals surface area (Å²) < 4.78 is 5.71. The monoisotopic (exact) mass is 373 g/mol. The summed E-state index contributed by atoms with van der Waals surface area (Å²) in [5.74, 6) is 2.91. The number of nitrogens with zero attached hydrogens (tertiary/aromatic N) is 3. The molecular weight excluding hydrogens is 338 g/mol. The molecule has 27 heavy (non-hydrogen) atoms. The number of aliphatic imine (C=N–C) groups is 1. The molecule has 0 amide bonds. The summed E-state index contributed by atoms with van der Waals surface area (Å²) in [5.41, 5.74) is 0. The van der Waals surface area contributed by atoms with E-state index in [0.29, 0.717) is 0 Å². The lowest BCUT2D eigenvalue weighted by molar-refractivity contribution is 0.215. The minimum Gasteiger partial charge on any atom is -0.468 e. The second-order valence-corrected chi connectivity index (χ2v) is 8.32. The zero-order chi connectivity index (χ0) is 18.5. The molecule has 1 saturated heterocycles. The Hall–Kier alpha value is -1.53. The SMILES string of the molecule is CN=C(NCCN(CC1CC1)C1CC1)NCC(c1ccco1)N1CCCC1. The van der Waals surface area contributed by atoms with Crippen molar-refractivity contribution < 1.29 is 4.42 Å². The average Bonchev–Trinajstić information content (AvgIpc) is 3.58. The first-order chi connectivity index (χ1) is 13.3. The number of rotatable bonds is 10. The van der Waals surface area contributed by atoms with Crippen LogP contribution >= 0.6 is 0 Å². The van der Waals surface area contributed by atoms with Crippen molar-refractivity contribution >= 4 is 5.96 Å². The molecule has 0 aromatic carbocycles. The normalized spacial score (nSPS) is 22.4. The van der Waals surface area contributed by atoms with Gasteiger partial charge in [-0.1, -0.05) is 0 Å². The van der Waals surface area contributed by atoms with Gasteiger partial charge in [0, 0.05) is 39.3 Å². The lowest BCUT2D eigenvalue weighted by Gasteiger charge is -2.27. The molecule has 2 heterocycles. The van der Waals surface area contributed by atoms with Crippen molar-refractivity contribution in [1.29, 1.82) is 0 Å². The van der Waals surface area contributed by atoms with Gasteiger partial charge in [-0.3, -0.25) is 14.8 Å². The molecule has 0 radical (unpaired) electrons. The Kier molecular flexibility index (Phi) is 6.35. The van der Waals surface area contributed by atoms with Gasteiger partial charge in [0.1, 0.15) is 5.76 Å². The maximum atomic E-state index is 5.71. The van der Waals surface area contributed by atoms with Crippen molar-refractivity contribution in [3.63, 3.8) is 0 Å². The fourth-order valence-electron chi connectivity index (χ4n) is 4.17. The van der Waals surface area contributed by atoms with Gasteiger partial charge in [-0.2, -0.15) is 0 Å². The third-order valence-corrected chi connectivity index (χ3v) is 6.08. The summed E-state index contributed by atoms with van der Waals surface area (Å²) in [6.07, 6.45) is 9.98. The molecule has 3 aliphatic rings. The van der Waals surface area contributed by atoms with Crippen LogP contribution in [0.2, 0.25) is 0 Å². The Morgan fingerprint density at radius 1 is 1.26 bits per heavy atom. The predicted molar refractivity (Wildman–Crippen MR) is 109 cm³/mol. The van der Waals surface area contributed by atoms with E-state index in [1.54, 1.807) is 6.26 Å². The summed E-state index contributed by atoms with van der Waals surface area (Å²) in [7, 11) is 1.86. The van der Waals surface area contributed by atoms with Crippen molar-refractivity contribution in [3.05, 3.63) is 24.2 Å². The third kappa shape index (κ3) is 5.48. The number of nitrogens with one attached hydrogen (secondary N) is 2. The summed E-state index contributed by atoms with van der Waals surface area (Å²) >= 11 is 0. The summed E-state index contributed by atoms with van der Waals surface area (Å²) in [6, 6.07) is 5.20. The van der Waals surface area contributed by atoms with Gasteiger partial charge in [0.2, 0.25) is 0 Å². The first kappa shape index (κ1) is 18.8. The van der Waals surface area contributed by atoms with Crippen molar-refractivity contribution in [3.8, 4) is 0 Å². The zero-order valence-corrected chi connectivity index (χ0v) is 16.7. The van der Waals surface area contributed by atoms with E-state index in [1.165, 1.54) is 45.1 Å². The Bertz CT molecular complexity index is 588. The molecule has 150 valence electrons. The highest BCUT2D eigenvalue weighted by Gasteiger charge is 2.33. The fourth-order valence-corrected chi connectivity index (χ4v) is 4.17. The molecule has 2 saturated carbocycles. The van der Waals surface area contributed by atoms with Crippen LogP contribution < -0.4 is 10.6 Å². The van der Waals surface area contributed by atoms with Crippen LogP contribution in [0.3, 0.4) is 0 Å². The highest BCUT2D eigenvalue weighted by Crippen LogP contribution is 2.34. The van der Waals surface area contributed by atoms with Crippen molar-refractivity contribution in [2.24, 2.45) is 10.9 Å². The Morgan fingerprint density at radius 2 is 2.07 bits per heavy atom. The Morgan fingerprint density at radius 3 is 2.70 bits per heavy atom. The van der Waals surface area contributed by atoms with Gasteiger partial charge in [-0.15, -0.1) is 0 Å². The summed E-state index contributed by atoms with van der Waals surface area (Å²) in [5, 5.41) is 7.04. The van der Waals surface area contributed by atoms with Crippen LogP contribution in [-0.2, 0) is 0 Å². The quantitative estimate of drug-likeness (QED) is 0.487. The van der Waals surface area contributed by atoms with Crippen LogP contribution in [0, 0.1) is 5.92 Å². The molecule has 4 rings (SSSR count). The minimum atomic E-state index is 0.277. The second kappa shape index (κ2) is 9.11. The van der Waals surface area contributed by atoms with E-state index >= 15 is 0 Å². The van der Waals surface area contributed by atoms with Gasteiger partial charge in [-0.25, -0.2) is 0 Å². The summed E-state index contributed by atoms with van der Waals surface area (Å²) in [4.78, 5) is 9.63. The topological polar surface area (TPSA) is 56.0 Å². The number of guanidine groups is 1. The molecule has 0 bridgehead atoms. The molecule has 0 spiro atoms. The van der Waals surface area contributed by atoms with Crippen molar-refractivity contribution in [2.75, 3.05) is 46.3 Å². The van der Waals surface area contributed by atoms with Crippen LogP contribution in [0.4, 0.5) is 0 Å². The number of furan rings is 1. The van der Waals surface area contributed by atoms with E-state index in [1.807, 2.05) is 13.1 Å². The largest absolute Gasteiger partial charge is 0.468 e. The molecule has 1 unspecified atom stereocenters. The number of hydrogen-bond acceptors (Lipinski definition) is 4. The highest BCUT2D eigenvalue weighted by atomic mass is 16.3. The molecule has 6 nitrogen and oxygen atoms in total. The lowest BCUT2D eigenvalue weighted by Crippen LogP contribution is -2.45.